The van der Waals surface area contributed by atoms with E-state index < -0.39 is 5.54 Å². The molecule has 1 unspecified atom stereocenters. The number of ether oxygens (including phenoxy) is 1. The van der Waals surface area contributed by atoms with Crippen molar-refractivity contribution >= 4 is 23.3 Å². The van der Waals surface area contributed by atoms with Crippen LogP contribution >= 0.6 is 11.6 Å². The van der Waals surface area contributed by atoms with Gasteiger partial charge in [-0.05, 0) is 25.0 Å². The molecule has 0 saturated carbocycles. The summed E-state index contributed by atoms with van der Waals surface area (Å²) in [5.74, 6) is -0.223. The summed E-state index contributed by atoms with van der Waals surface area (Å²) >= 11 is 6.07. The first kappa shape index (κ1) is 13.8. The number of nitrogens with one attached hydrogen (secondary N) is 1. The van der Waals surface area contributed by atoms with Crippen LogP contribution in [0.5, 0.6) is 0 Å². The first-order chi connectivity index (χ1) is 7.91. The molecular formula is C13H18ClNO2. The van der Waals surface area contributed by atoms with E-state index in [2.05, 4.69) is 5.32 Å². The van der Waals surface area contributed by atoms with E-state index in [1.165, 1.54) is 7.11 Å². The Balaban J connectivity index is 3.04. The van der Waals surface area contributed by atoms with E-state index in [0.29, 0.717) is 5.02 Å². The highest BCUT2D eigenvalue weighted by Gasteiger charge is 2.38. The number of carbonyl (C=O) groups excluding carboxylic acids is 1. The van der Waals surface area contributed by atoms with Gasteiger partial charge in [-0.1, -0.05) is 37.6 Å². The molecule has 4 heteroatoms. The minimum atomic E-state index is -0.792. The van der Waals surface area contributed by atoms with Gasteiger partial charge in [0.05, 0.1) is 17.8 Å². The summed E-state index contributed by atoms with van der Waals surface area (Å²) in [4.78, 5) is 11.9. The molecule has 0 saturated heterocycles. The highest BCUT2D eigenvalue weighted by Crippen LogP contribution is 2.28. The average molecular weight is 256 g/mol. The number of rotatable bonds is 4. The second-order valence-electron chi connectivity index (χ2n) is 4.45. The van der Waals surface area contributed by atoms with Gasteiger partial charge in [0.2, 0.25) is 0 Å². The molecule has 0 aliphatic heterocycles. The Morgan fingerprint density at radius 1 is 1.41 bits per heavy atom. The van der Waals surface area contributed by atoms with Gasteiger partial charge in [-0.3, -0.25) is 0 Å². The number of hydrogen-bond acceptors (Lipinski definition) is 3. The predicted molar refractivity (Wildman–Crippen MR) is 70.3 cm³/mol. The normalized spacial score (nSPS) is 14.2. The van der Waals surface area contributed by atoms with Crippen LogP contribution in [0.1, 0.15) is 20.8 Å². The number of carbonyl (C=O) groups is 1. The second-order valence-corrected chi connectivity index (χ2v) is 4.86. The van der Waals surface area contributed by atoms with Gasteiger partial charge in [0, 0.05) is 0 Å². The van der Waals surface area contributed by atoms with Crippen molar-refractivity contribution in [3.63, 3.8) is 0 Å². The molecule has 1 N–H and O–H groups in total. The predicted octanol–water partition coefficient (Wildman–Crippen LogP) is 3.34. The number of methoxy groups -OCH3 is 1. The van der Waals surface area contributed by atoms with Crippen LogP contribution in [0.25, 0.3) is 0 Å². The maximum atomic E-state index is 11.9. The minimum absolute atomic E-state index is 0.0752. The first-order valence-corrected chi connectivity index (χ1v) is 5.90. The number of anilines is 1. The maximum Gasteiger partial charge on any atom is 0.331 e. The number of para-hydroxylation sites is 1. The van der Waals surface area contributed by atoms with Crippen molar-refractivity contribution in [1.29, 1.82) is 0 Å². The second kappa shape index (κ2) is 5.41. The molecule has 3 nitrogen and oxygen atoms in total. The molecule has 1 rings (SSSR count). The third-order valence-corrected chi connectivity index (χ3v) is 3.36. The summed E-state index contributed by atoms with van der Waals surface area (Å²) in [5.41, 5.74) is -0.0597. The van der Waals surface area contributed by atoms with Crippen LogP contribution in [-0.2, 0) is 9.53 Å². The topological polar surface area (TPSA) is 38.3 Å². The van der Waals surface area contributed by atoms with Crippen LogP contribution in [-0.4, -0.2) is 18.6 Å². The number of benzene rings is 1. The lowest BCUT2D eigenvalue weighted by atomic mass is 9.88. The minimum Gasteiger partial charge on any atom is -0.467 e. The summed E-state index contributed by atoms with van der Waals surface area (Å²) in [5, 5.41) is 3.75. The van der Waals surface area contributed by atoms with E-state index in [1.54, 1.807) is 6.07 Å². The van der Waals surface area contributed by atoms with Gasteiger partial charge in [-0.25, -0.2) is 4.79 Å². The zero-order valence-electron chi connectivity index (χ0n) is 10.6. The van der Waals surface area contributed by atoms with Crippen LogP contribution in [0.4, 0.5) is 5.69 Å². The Kier molecular flexibility index (Phi) is 4.40. The Hall–Kier alpha value is -1.22. The standard InChI is InChI=1S/C13H18ClNO2/c1-9(2)13(3,12(16)17-4)15-11-8-6-5-7-10(11)14/h5-9,15H,1-4H3. The molecule has 1 atom stereocenters. The number of halogens is 1. The first-order valence-electron chi connectivity index (χ1n) is 5.53. The summed E-state index contributed by atoms with van der Waals surface area (Å²) in [6.45, 7) is 5.73. The van der Waals surface area contributed by atoms with E-state index in [1.807, 2.05) is 39.0 Å². The monoisotopic (exact) mass is 255 g/mol. The van der Waals surface area contributed by atoms with Crippen LogP contribution in [0.3, 0.4) is 0 Å². The molecule has 0 spiro atoms. The van der Waals surface area contributed by atoms with Crippen molar-refractivity contribution in [3.05, 3.63) is 29.3 Å². The fourth-order valence-corrected chi connectivity index (χ4v) is 1.67. The Labute approximate surface area is 107 Å². The largest absolute Gasteiger partial charge is 0.467 e. The average Bonchev–Trinajstić information content (AvgIpc) is 2.30. The SMILES string of the molecule is COC(=O)C(C)(Nc1ccccc1Cl)C(C)C. The lowest BCUT2D eigenvalue weighted by Crippen LogP contribution is -2.48. The number of esters is 1. The third kappa shape index (κ3) is 2.91. The zero-order valence-corrected chi connectivity index (χ0v) is 11.3. The van der Waals surface area contributed by atoms with E-state index in [4.69, 9.17) is 16.3 Å². The van der Waals surface area contributed by atoms with Gasteiger partial charge in [-0.2, -0.15) is 0 Å². The van der Waals surface area contributed by atoms with E-state index in [9.17, 15) is 4.79 Å². The Morgan fingerprint density at radius 2 is 2.00 bits per heavy atom. The molecule has 0 bridgehead atoms. The van der Waals surface area contributed by atoms with Crippen molar-refractivity contribution < 1.29 is 9.53 Å². The van der Waals surface area contributed by atoms with Crippen LogP contribution in [0, 0.1) is 5.92 Å². The van der Waals surface area contributed by atoms with Crippen LogP contribution in [0.15, 0.2) is 24.3 Å². The Bertz CT molecular complexity index is 406. The molecule has 0 fully saturated rings. The van der Waals surface area contributed by atoms with Gasteiger partial charge in [0.1, 0.15) is 5.54 Å². The third-order valence-electron chi connectivity index (χ3n) is 3.03. The fourth-order valence-electron chi connectivity index (χ4n) is 1.49. The highest BCUT2D eigenvalue weighted by atomic mass is 35.5. The summed E-state index contributed by atoms with van der Waals surface area (Å²) < 4.78 is 4.84. The van der Waals surface area contributed by atoms with Gasteiger partial charge in [0.25, 0.3) is 0 Å². The lowest BCUT2D eigenvalue weighted by molar-refractivity contribution is -0.146. The molecule has 17 heavy (non-hydrogen) atoms. The molecule has 1 aromatic rings. The maximum absolute atomic E-state index is 11.9. The molecule has 0 aliphatic rings. The number of hydrogen-bond donors (Lipinski definition) is 1. The van der Waals surface area contributed by atoms with Gasteiger partial charge in [0.15, 0.2) is 0 Å². The van der Waals surface area contributed by atoms with E-state index in [0.717, 1.165) is 5.69 Å². The van der Waals surface area contributed by atoms with Crippen molar-refractivity contribution in [2.75, 3.05) is 12.4 Å². The van der Waals surface area contributed by atoms with Crippen LogP contribution < -0.4 is 5.32 Å². The van der Waals surface area contributed by atoms with Gasteiger partial charge in [-0.15, -0.1) is 0 Å². The summed E-state index contributed by atoms with van der Waals surface area (Å²) in [6.07, 6.45) is 0. The van der Waals surface area contributed by atoms with Crippen molar-refractivity contribution in [2.24, 2.45) is 5.92 Å². The summed E-state index contributed by atoms with van der Waals surface area (Å²) in [7, 11) is 1.39. The van der Waals surface area contributed by atoms with Gasteiger partial charge >= 0.3 is 5.97 Å². The summed E-state index contributed by atoms with van der Waals surface area (Å²) in [6, 6.07) is 7.33. The molecule has 0 aromatic heterocycles. The molecule has 0 amide bonds. The van der Waals surface area contributed by atoms with Crippen molar-refractivity contribution in [2.45, 2.75) is 26.3 Å². The van der Waals surface area contributed by atoms with Crippen molar-refractivity contribution in [3.8, 4) is 0 Å². The zero-order chi connectivity index (χ0) is 13.1. The van der Waals surface area contributed by atoms with E-state index >= 15 is 0 Å². The molecule has 0 aliphatic carbocycles. The highest BCUT2D eigenvalue weighted by molar-refractivity contribution is 6.33. The Morgan fingerprint density at radius 3 is 2.47 bits per heavy atom. The van der Waals surface area contributed by atoms with Crippen LogP contribution in [0.2, 0.25) is 5.02 Å². The fraction of sp³-hybridized carbons (Fsp3) is 0.462. The molecule has 94 valence electrons. The molecule has 0 radical (unpaired) electrons. The van der Waals surface area contributed by atoms with Gasteiger partial charge < -0.3 is 10.1 Å². The molecule has 0 heterocycles. The smallest absolute Gasteiger partial charge is 0.331 e. The quantitative estimate of drug-likeness (QED) is 0.839. The molecular weight excluding hydrogens is 238 g/mol. The van der Waals surface area contributed by atoms with Crippen molar-refractivity contribution in [1.82, 2.24) is 0 Å². The van der Waals surface area contributed by atoms with E-state index in [-0.39, 0.29) is 11.9 Å². The molecule has 1 aromatic carbocycles. The lowest BCUT2D eigenvalue weighted by Gasteiger charge is -2.33.